The average molecular weight is 238 g/mol. The van der Waals surface area contributed by atoms with Crippen LogP contribution in [0.5, 0.6) is 0 Å². The highest BCUT2D eigenvalue weighted by Gasteiger charge is 2.31. The lowest BCUT2D eigenvalue weighted by molar-refractivity contribution is -0.133. The third kappa shape index (κ3) is 4.70. The molecule has 0 aromatic rings. The smallest absolute Gasteiger partial charge is 0.316 e. The minimum atomic E-state index is -4.04. The molecular weight excluding hydrogens is 217 g/mol. The normalized spacial score (nSPS) is 27.0. The first kappa shape index (κ1) is 13.8. The molecule has 0 aliphatic carbocycles. The molecule has 0 saturated carbocycles. The van der Waals surface area contributed by atoms with Crippen LogP contribution in [0.25, 0.3) is 0 Å². The Morgan fingerprint density at radius 3 is 2.62 bits per heavy atom. The molecule has 0 spiro atoms. The summed E-state index contributed by atoms with van der Waals surface area (Å²) in [6, 6.07) is 0. The highest BCUT2D eigenvalue weighted by Crippen LogP contribution is 2.29. The molecule has 16 heavy (non-hydrogen) atoms. The summed E-state index contributed by atoms with van der Waals surface area (Å²) in [6.07, 6.45) is -1.54. The molecule has 1 saturated heterocycles. The van der Waals surface area contributed by atoms with Crippen LogP contribution in [0.3, 0.4) is 0 Å². The van der Waals surface area contributed by atoms with Crippen molar-refractivity contribution in [2.24, 2.45) is 5.41 Å². The summed E-state index contributed by atoms with van der Waals surface area (Å²) >= 11 is 0. The van der Waals surface area contributed by atoms with E-state index in [1.54, 1.807) is 0 Å². The van der Waals surface area contributed by atoms with Crippen LogP contribution in [0.4, 0.5) is 13.2 Å². The Kier molecular flexibility index (Phi) is 5.05. The predicted octanol–water partition coefficient (Wildman–Crippen LogP) is 2.31. The topological polar surface area (TPSA) is 24.1 Å². The number of alkyl halides is 3. The van der Waals surface area contributed by atoms with Gasteiger partial charge in [0.15, 0.2) is 0 Å². The minimum absolute atomic E-state index is 0.0330. The van der Waals surface area contributed by atoms with Gasteiger partial charge < -0.3 is 10.6 Å². The molecule has 1 heterocycles. The molecule has 1 unspecified atom stereocenters. The quantitative estimate of drug-likeness (QED) is 0.718. The molecule has 0 bridgehead atoms. The van der Waals surface area contributed by atoms with Gasteiger partial charge in [-0.15, -0.1) is 0 Å². The number of hydrogen-bond donors (Lipinski definition) is 2. The first-order valence-electron chi connectivity index (χ1n) is 5.96. The fraction of sp³-hybridized carbons (Fsp3) is 1.00. The molecule has 0 aromatic heterocycles. The summed E-state index contributed by atoms with van der Waals surface area (Å²) in [4.78, 5) is 0. The Balaban J connectivity index is 2.23. The van der Waals surface area contributed by atoms with E-state index in [1.165, 1.54) is 0 Å². The SMILES string of the molecule is CCC1(CNCCC(F)(F)F)CCCNC1. The third-order valence-corrected chi connectivity index (χ3v) is 3.40. The van der Waals surface area contributed by atoms with Crippen molar-refractivity contribution in [1.29, 1.82) is 0 Å². The molecule has 1 atom stereocenters. The van der Waals surface area contributed by atoms with Crippen LogP contribution in [0.1, 0.15) is 32.6 Å². The Bertz CT molecular complexity index is 198. The van der Waals surface area contributed by atoms with Gasteiger partial charge in [-0.25, -0.2) is 0 Å². The molecule has 2 nitrogen and oxygen atoms in total. The van der Waals surface area contributed by atoms with E-state index in [0.29, 0.717) is 6.54 Å². The van der Waals surface area contributed by atoms with Crippen LogP contribution in [0, 0.1) is 5.41 Å². The molecule has 2 N–H and O–H groups in total. The zero-order valence-corrected chi connectivity index (χ0v) is 9.79. The monoisotopic (exact) mass is 238 g/mol. The Hall–Kier alpha value is -0.290. The van der Waals surface area contributed by atoms with Gasteiger partial charge >= 0.3 is 6.18 Å². The van der Waals surface area contributed by atoms with E-state index in [4.69, 9.17) is 0 Å². The zero-order valence-electron chi connectivity index (χ0n) is 9.79. The number of piperidine rings is 1. The van der Waals surface area contributed by atoms with E-state index in [0.717, 1.165) is 32.4 Å². The van der Waals surface area contributed by atoms with Gasteiger partial charge in [-0.1, -0.05) is 6.92 Å². The summed E-state index contributed by atoms with van der Waals surface area (Å²) in [5.41, 5.74) is 0.157. The van der Waals surface area contributed by atoms with E-state index in [1.807, 2.05) is 0 Å². The van der Waals surface area contributed by atoms with E-state index in [9.17, 15) is 13.2 Å². The molecule has 0 radical (unpaired) electrons. The fourth-order valence-electron chi connectivity index (χ4n) is 2.19. The molecule has 96 valence electrons. The van der Waals surface area contributed by atoms with Crippen LogP contribution >= 0.6 is 0 Å². The van der Waals surface area contributed by atoms with Crippen molar-refractivity contribution in [2.75, 3.05) is 26.2 Å². The second-order valence-electron chi connectivity index (χ2n) is 4.68. The van der Waals surface area contributed by atoms with Crippen molar-refractivity contribution in [1.82, 2.24) is 10.6 Å². The Morgan fingerprint density at radius 2 is 2.12 bits per heavy atom. The predicted molar refractivity (Wildman–Crippen MR) is 58.4 cm³/mol. The van der Waals surface area contributed by atoms with Gasteiger partial charge in [-0.2, -0.15) is 13.2 Å². The average Bonchev–Trinajstić information content (AvgIpc) is 2.25. The summed E-state index contributed by atoms with van der Waals surface area (Å²) in [5, 5.41) is 6.26. The van der Waals surface area contributed by atoms with Gasteiger partial charge in [0.1, 0.15) is 0 Å². The fourth-order valence-corrected chi connectivity index (χ4v) is 2.19. The van der Waals surface area contributed by atoms with E-state index in [-0.39, 0.29) is 12.0 Å². The van der Waals surface area contributed by atoms with Crippen LogP contribution in [0.2, 0.25) is 0 Å². The first-order chi connectivity index (χ1) is 7.47. The van der Waals surface area contributed by atoms with Gasteiger partial charge in [0.05, 0.1) is 6.42 Å². The minimum Gasteiger partial charge on any atom is -0.316 e. The molecule has 0 aromatic carbocycles. The largest absolute Gasteiger partial charge is 0.390 e. The van der Waals surface area contributed by atoms with Gasteiger partial charge in [0.2, 0.25) is 0 Å². The Labute approximate surface area is 95.0 Å². The number of nitrogens with one attached hydrogen (secondary N) is 2. The summed E-state index contributed by atoms with van der Waals surface area (Å²) in [7, 11) is 0. The standard InChI is InChI=1S/C11H21F3N2/c1-2-10(4-3-6-15-8-10)9-16-7-5-11(12,13)14/h15-16H,2-9H2,1H3. The van der Waals surface area contributed by atoms with Crippen molar-refractivity contribution < 1.29 is 13.2 Å². The molecule has 0 amide bonds. The molecular formula is C11H21F3N2. The van der Waals surface area contributed by atoms with Gasteiger partial charge in [-0.3, -0.25) is 0 Å². The van der Waals surface area contributed by atoms with E-state index in [2.05, 4.69) is 17.6 Å². The van der Waals surface area contributed by atoms with E-state index >= 15 is 0 Å². The first-order valence-corrected chi connectivity index (χ1v) is 5.96. The van der Waals surface area contributed by atoms with Crippen LogP contribution in [0.15, 0.2) is 0 Å². The third-order valence-electron chi connectivity index (χ3n) is 3.40. The van der Waals surface area contributed by atoms with E-state index < -0.39 is 12.6 Å². The highest BCUT2D eigenvalue weighted by atomic mass is 19.4. The number of rotatable bonds is 5. The van der Waals surface area contributed by atoms with Gasteiger partial charge in [0.25, 0.3) is 0 Å². The van der Waals surface area contributed by atoms with Crippen LogP contribution < -0.4 is 10.6 Å². The maximum absolute atomic E-state index is 11.9. The summed E-state index contributed by atoms with van der Waals surface area (Å²) in [5.74, 6) is 0. The van der Waals surface area contributed by atoms with Crippen molar-refractivity contribution in [3.8, 4) is 0 Å². The lowest BCUT2D eigenvalue weighted by atomic mass is 9.78. The Morgan fingerprint density at radius 1 is 1.38 bits per heavy atom. The zero-order chi connectivity index (χ0) is 12.1. The molecule has 1 fully saturated rings. The lowest BCUT2D eigenvalue weighted by Crippen LogP contribution is -2.46. The van der Waals surface area contributed by atoms with Crippen molar-refractivity contribution in [3.05, 3.63) is 0 Å². The second kappa shape index (κ2) is 5.87. The lowest BCUT2D eigenvalue weighted by Gasteiger charge is -2.37. The number of halogens is 3. The van der Waals surface area contributed by atoms with Gasteiger partial charge in [-0.05, 0) is 31.2 Å². The summed E-state index contributed by atoms with van der Waals surface area (Å²) < 4.78 is 35.8. The molecule has 1 aliphatic rings. The second-order valence-corrected chi connectivity index (χ2v) is 4.68. The van der Waals surface area contributed by atoms with Gasteiger partial charge in [0, 0.05) is 19.6 Å². The maximum atomic E-state index is 11.9. The highest BCUT2D eigenvalue weighted by molar-refractivity contribution is 4.86. The maximum Gasteiger partial charge on any atom is 0.390 e. The number of hydrogen-bond acceptors (Lipinski definition) is 2. The van der Waals surface area contributed by atoms with Crippen molar-refractivity contribution >= 4 is 0 Å². The summed E-state index contributed by atoms with van der Waals surface area (Å²) in [6.45, 7) is 4.78. The van der Waals surface area contributed by atoms with Crippen molar-refractivity contribution in [2.45, 2.75) is 38.8 Å². The van der Waals surface area contributed by atoms with Crippen molar-refractivity contribution in [3.63, 3.8) is 0 Å². The molecule has 1 rings (SSSR count). The van der Waals surface area contributed by atoms with Crippen LogP contribution in [-0.2, 0) is 0 Å². The molecule has 1 aliphatic heterocycles. The molecule has 5 heteroatoms. The van der Waals surface area contributed by atoms with Crippen LogP contribution in [-0.4, -0.2) is 32.4 Å².